The molecule has 0 saturated carbocycles. The smallest absolute Gasteiger partial charge is 0.307 e. The van der Waals surface area contributed by atoms with Crippen LogP contribution < -0.4 is 0 Å². The maximum Gasteiger partial charge on any atom is 0.307 e. The minimum Gasteiger partial charge on any atom is -0.481 e. The van der Waals surface area contributed by atoms with Crippen LogP contribution in [0.4, 0.5) is 0 Å². The maximum atomic E-state index is 11.0. The number of hydrogen-bond acceptors (Lipinski definition) is 2. The number of aliphatic carboxylic acids is 1. The molecule has 16 heavy (non-hydrogen) atoms. The Bertz CT molecular complexity index is 228. The van der Waals surface area contributed by atoms with Gasteiger partial charge in [-0.05, 0) is 32.7 Å². The summed E-state index contributed by atoms with van der Waals surface area (Å²) in [5.74, 6) is -0.939. The number of rotatable bonds is 5. The van der Waals surface area contributed by atoms with Gasteiger partial charge in [0.1, 0.15) is 0 Å². The summed E-state index contributed by atoms with van der Waals surface area (Å²) in [5, 5.41) is 9.07. The highest BCUT2D eigenvalue weighted by atomic mass is 16.4. The zero-order valence-corrected chi connectivity index (χ0v) is 10.8. The van der Waals surface area contributed by atoms with Gasteiger partial charge in [-0.3, -0.25) is 9.69 Å². The highest BCUT2D eigenvalue weighted by Crippen LogP contribution is 2.25. The summed E-state index contributed by atoms with van der Waals surface area (Å²) in [6.07, 6.45) is 6.16. The predicted octanol–water partition coefficient (Wildman–Crippen LogP) is 2.75. The Kier molecular flexibility index (Phi) is 5.26. The van der Waals surface area contributed by atoms with E-state index in [1.54, 1.807) is 0 Å². The highest BCUT2D eigenvalue weighted by Gasteiger charge is 2.31. The molecule has 0 aromatic carbocycles. The van der Waals surface area contributed by atoms with Gasteiger partial charge >= 0.3 is 5.97 Å². The van der Waals surface area contributed by atoms with Gasteiger partial charge in [-0.1, -0.05) is 26.7 Å². The molecule has 3 atom stereocenters. The molecular weight excluding hydrogens is 202 g/mol. The number of piperidine rings is 1. The van der Waals surface area contributed by atoms with Crippen molar-refractivity contribution >= 4 is 5.97 Å². The lowest BCUT2D eigenvalue weighted by molar-refractivity contribution is -0.143. The van der Waals surface area contributed by atoms with Crippen molar-refractivity contribution in [2.75, 3.05) is 6.54 Å². The first-order chi connectivity index (χ1) is 7.57. The summed E-state index contributed by atoms with van der Waals surface area (Å²) in [6.45, 7) is 7.17. The second-order valence-corrected chi connectivity index (χ2v) is 5.04. The number of nitrogens with zero attached hydrogens (tertiary/aromatic N) is 1. The predicted molar refractivity (Wildman–Crippen MR) is 65.5 cm³/mol. The lowest BCUT2D eigenvalue weighted by Gasteiger charge is -2.41. The Morgan fingerprint density at radius 2 is 2.12 bits per heavy atom. The fourth-order valence-corrected chi connectivity index (χ4v) is 2.70. The molecule has 1 fully saturated rings. The van der Waals surface area contributed by atoms with Gasteiger partial charge in [0.05, 0.1) is 5.92 Å². The van der Waals surface area contributed by atoms with Crippen molar-refractivity contribution < 1.29 is 9.90 Å². The van der Waals surface area contributed by atoms with Crippen molar-refractivity contribution in [2.45, 2.75) is 65.0 Å². The maximum absolute atomic E-state index is 11.0. The molecule has 0 aromatic heterocycles. The second-order valence-electron chi connectivity index (χ2n) is 5.04. The summed E-state index contributed by atoms with van der Waals surface area (Å²) >= 11 is 0. The third-order valence-electron chi connectivity index (χ3n) is 3.93. The molecule has 3 nitrogen and oxygen atoms in total. The van der Waals surface area contributed by atoms with Crippen LogP contribution in [0.1, 0.15) is 52.9 Å². The van der Waals surface area contributed by atoms with Crippen LogP contribution in [0.5, 0.6) is 0 Å². The van der Waals surface area contributed by atoms with E-state index in [0.717, 1.165) is 6.54 Å². The molecule has 0 radical (unpaired) electrons. The van der Waals surface area contributed by atoms with E-state index in [4.69, 9.17) is 5.11 Å². The van der Waals surface area contributed by atoms with E-state index >= 15 is 0 Å². The van der Waals surface area contributed by atoms with Crippen LogP contribution in [0.2, 0.25) is 0 Å². The number of carbonyl (C=O) groups is 1. The minimum atomic E-state index is -0.673. The first-order valence-electron chi connectivity index (χ1n) is 6.56. The molecule has 3 heteroatoms. The van der Waals surface area contributed by atoms with Crippen molar-refractivity contribution in [2.24, 2.45) is 5.92 Å². The Morgan fingerprint density at radius 3 is 2.69 bits per heavy atom. The molecule has 0 aliphatic carbocycles. The molecule has 1 saturated heterocycles. The van der Waals surface area contributed by atoms with Crippen LogP contribution >= 0.6 is 0 Å². The molecule has 0 spiro atoms. The Hall–Kier alpha value is -0.570. The van der Waals surface area contributed by atoms with Gasteiger partial charge in [0.15, 0.2) is 0 Å². The van der Waals surface area contributed by atoms with Crippen molar-refractivity contribution in [3.8, 4) is 0 Å². The van der Waals surface area contributed by atoms with Crippen LogP contribution in [0.15, 0.2) is 0 Å². The van der Waals surface area contributed by atoms with E-state index in [1.165, 1.54) is 32.1 Å². The van der Waals surface area contributed by atoms with Crippen LogP contribution in [-0.4, -0.2) is 34.6 Å². The molecule has 0 bridgehead atoms. The molecule has 3 unspecified atom stereocenters. The van der Waals surface area contributed by atoms with Gasteiger partial charge in [0.25, 0.3) is 0 Å². The lowest BCUT2D eigenvalue weighted by Crippen LogP contribution is -2.49. The third kappa shape index (κ3) is 3.21. The molecule has 1 rings (SSSR count). The number of hydrogen-bond donors (Lipinski definition) is 1. The van der Waals surface area contributed by atoms with Crippen LogP contribution in [0.25, 0.3) is 0 Å². The normalized spacial score (nSPS) is 26.3. The second kappa shape index (κ2) is 6.24. The first kappa shape index (κ1) is 13.5. The van der Waals surface area contributed by atoms with E-state index in [9.17, 15) is 4.79 Å². The molecule has 94 valence electrons. The topological polar surface area (TPSA) is 40.5 Å². The summed E-state index contributed by atoms with van der Waals surface area (Å²) in [4.78, 5) is 13.4. The number of carboxylic acids is 1. The van der Waals surface area contributed by atoms with Gasteiger partial charge in [-0.2, -0.15) is 0 Å². The average Bonchev–Trinajstić information content (AvgIpc) is 2.28. The molecular formula is C13H25NO2. The van der Waals surface area contributed by atoms with E-state index < -0.39 is 5.97 Å². The first-order valence-corrected chi connectivity index (χ1v) is 6.56. The molecule has 1 heterocycles. The molecule has 0 aromatic rings. The van der Waals surface area contributed by atoms with Gasteiger partial charge in [-0.15, -0.1) is 0 Å². The molecule has 1 aliphatic heterocycles. The fraction of sp³-hybridized carbons (Fsp3) is 0.923. The summed E-state index contributed by atoms with van der Waals surface area (Å²) in [5.41, 5.74) is 0. The largest absolute Gasteiger partial charge is 0.481 e. The Morgan fingerprint density at radius 1 is 1.44 bits per heavy atom. The highest BCUT2D eigenvalue weighted by molar-refractivity contribution is 5.70. The van der Waals surface area contributed by atoms with E-state index in [1.807, 2.05) is 6.92 Å². The standard InChI is InChI=1S/C13H25NO2/c1-4-7-12-8-5-6-9-14(12)11(3)10(2)13(15)16/h10-12H,4-9H2,1-3H3,(H,15,16). The van der Waals surface area contributed by atoms with Crippen LogP contribution in [0, 0.1) is 5.92 Å². The van der Waals surface area contributed by atoms with Crippen molar-refractivity contribution in [1.82, 2.24) is 4.90 Å². The summed E-state index contributed by atoms with van der Waals surface area (Å²) < 4.78 is 0. The van der Waals surface area contributed by atoms with Crippen molar-refractivity contribution in [3.63, 3.8) is 0 Å². The summed E-state index contributed by atoms with van der Waals surface area (Å²) in [7, 11) is 0. The fourth-order valence-electron chi connectivity index (χ4n) is 2.70. The van der Waals surface area contributed by atoms with E-state index in [-0.39, 0.29) is 12.0 Å². The number of carboxylic acid groups (broad SMARTS) is 1. The molecule has 1 aliphatic rings. The zero-order chi connectivity index (χ0) is 12.1. The zero-order valence-electron chi connectivity index (χ0n) is 10.8. The monoisotopic (exact) mass is 227 g/mol. The van der Waals surface area contributed by atoms with Crippen molar-refractivity contribution in [1.29, 1.82) is 0 Å². The Labute approximate surface area is 98.8 Å². The molecule has 0 amide bonds. The molecule has 1 N–H and O–H groups in total. The van der Waals surface area contributed by atoms with E-state index in [0.29, 0.717) is 6.04 Å². The average molecular weight is 227 g/mol. The lowest BCUT2D eigenvalue weighted by atomic mass is 9.92. The Balaban J connectivity index is 2.62. The van der Waals surface area contributed by atoms with Gasteiger partial charge < -0.3 is 5.11 Å². The van der Waals surface area contributed by atoms with Crippen LogP contribution in [-0.2, 0) is 4.79 Å². The SMILES string of the molecule is CCCC1CCCCN1C(C)C(C)C(=O)O. The summed E-state index contributed by atoms with van der Waals surface area (Å²) in [6, 6.07) is 0.768. The quantitative estimate of drug-likeness (QED) is 0.785. The van der Waals surface area contributed by atoms with Gasteiger partial charge in [0, 0.05) is 12.1 Å². The third-order valence-corrected chi connectivity index (χ3v) is 3.93. The van der Waals surface area contributed by atoms with E-state index in [2.05, 4.69) is 18.7 Å². The van der Waals surface area contributed by atoms with Gasteiger partial charge in [0.2, 0.25) is 0 Å². The van der Waals surface area contributed by atoms with Crippen LogP contribution in [0.3, 0.4) is 0 Å². The van der Waals surface area contributed by atoms with Crippen molar-refractivity contribution in [3.05, 3.63) is 0 Å². The van der Waals surface area contributed by atoms with Gasteiger partial charge in [-0.25, -0.2) is 0 Å². The minimum absolute atomic E-state index is 0.161. The number of likely N-dealkylation sites (tertiary alicyclic amines) is 1.